The summed E-state index contributed by atoms with van der Waals surface area (Å²) < 4.78 is 25.2. The van der Waals surface area contributed by atoms with Gasteiger partial charge in [0.25, 0.3) is 0 Å². The van der Waals surface area contributed by atoms with Crippen molar-refractivity contribution in [1.82, 2.24) is 30.2 Å². The third kappa shape index (κ3) is 7.54. The summed E-state index contributed by atoms with van der Waals surface area (Å²) in [6.45, 7) is 0.854. The molecule has 252 valence electrons. The van der Waals surface area contributed by atoms with Crippen molar-refractivity contribution in [2.24, 2.45) is 0 Å². The lowest BCUT2D eigenvalue weighted by Gasteiger charge is -2.32. The quantitative estimate of drug-likeness (QED) is 0.192. The van der Waals surface area contributed by atoms with Gasteiger partial charge in [-0.2, -0.15) is 0 Å². The van der Waals surface area contributed by atoms with Crippen LogP contribution in [0.2, 0.25) is 10.0 Å². The van der Waals surface area contributed by atoms with Crippen LogP contribution in [0, 0.1) is 0 Å². The SMILES string of the molecule is COc1nc(-c2cccc(-c3cccc(-c4cnc(CN5C[C@H](O)C[C@@H](F)C5)c(OC)n4)c3Cl)c2Cl)cnc1CCC[C@@H]1CCC(=O)N1. The van der Waals surface area contributed by atoms with Crippen LogP contribution in [-0.4, -0.2) is 81.5 Å². The van der Waals surface area contributed by atoms with Crippen molar-refractivity contribution in [3.05, 3.63) is 70.2 Å². The van der Waals surface area contributed by atoms with Crippen LogP contribution >= 0.6 is 23.2 Å². The number of aryl methyl sites for hydroxylation is 1. The summed E-state index contributed by atoms with van der Waals surface area (Å²) in [6.07, 6.45) is 5.47. The number of piperidine rings is 1. The van der Waals surface area contributed by atoms with Gasteiger partial charge in [0, 0.05) is 60.8 Å². The third-order valence-corrected chi connectivity index (χ3v) is 9.54. The molecule has 2 fully saturated rings. The normalized spacial score (nSPS) is 19.7. The van der Waals surface area contributed by atoms with Gasteiger partial charge in [-0.05, 0) is 25.7 Å². The van der Waals surface area contributed by atoms with E-state index >= 15 is 0 Å². The Morgan fingerprint density at radius 3 is 2.06 bits per heavy atom. The van der Waals surface area contributed by atoms with E-state index in [0.717, 1.165) is 25.0 Å². The molecule has 48 heavy (non-hydrogen) atoms. The van der Waals surface area contributed by atoms with Crippen LogP contribution in [0.1, 0.15) is 43.5 Å². The van der Waals surface area contributed by atoms with E-state index < -0.39 is 12.3 Å². The van der Waals surface area contributed by atoms with E-state index in [2.05, 4.69) is 20.3 Å². The number of aliphatic hydroxyl groups is 1. The average Bonchev–Trinajstić information content (AvgIpc) is 3.49. The number of carbonyl (C=O) groups excluding carboxylic acids is 1. The Morgan fingerprint density at radius 1 is 0.917 bits per heavy atom. The number of nitrogens with zero attached hydrogens (tertiary/aromatic N) is 5. The fraction of sp³-hybridized carbons (Fsp3) is 0.400. The molecule has 13 heteroatoms. The maximum Gasteiger partial charge on any atom is 0.237 e. The van der Waals surface area contributed by atoms with Crippen molar-refractivity contribution in [1.29, 1.82) is 0 Å². The van der Waals surface area contributed by atoms with Gasteiger partial charge in [0.05, 0.1) is 54.2 Å². The van der Waals surface area contributed by atoms with E-state index in [1.54, 1.807) is 24.4 Å². The maximum atomic E-state index is 14.1. The molecule has 10 nitrogen and oxygen atoms in total. The Hall–Kier alpha value is -3.90. The zero-order chi connectivity index (χ0) is 33.8. The van der Waals surface area contributed by atoms with Gasteiger partial charge in [-0.1, -0.05) is 59.6 Å². The van der Waals surface area contributed by atoms with E-state index in [1.807, 2.05) is 36.4 Å². The molecule has 2 saturated heterocycles. The molecule has 0 bridgehead atoms. The zero-order valence-corrected chi connectivity index (χ0v) is 28.3. The second-order valence-electron chi connectivity index (χ2n) is 12.1. The van der Waals surface area contributed by atoms with Gasteiger partial charge < -0.3 is 19.9 Å². The predicted octanol–water partition coefficient (Wildman–Crippen LogP) is 6.10. The van der Waals surface area contributed by atoms with Gasteiger partial charge in [-0.3, -0.25) is 19.7 Å². The summed E-state index contributed by atoms with van der Waals surface area (Å²) in [5.41, 5.74) is 5.04. The molecule has 2 N–H and O–H groups in total. The van der Waals surface area contributed by atoms with Crippen molar-refractivity contribution < 1.29 is 23.8 Å². The Kier molecular flexibility index (Phi) is 10.7. The number of β-amino-alcohol motifs (C(OH)–C–C–N with tert-alkyl or cyclic N) is 1. The number of alkyl halides is 1. The first kappa shape index (κ1) is 34.0. The van der Waals surface area contributed by atoms with E-state index in [-0.39, 0.29) is 24.9 Å². The number of amides is 1. The first-order valence-electron chi connectivity index (χ1n) is 16.0. The molecule has 2 aromatic heterocycles. The zero-order valence-electron chi connectivity index (χ0n) is 26.8. The van der Waals surface area contributed by atoms with Gasteiger partial charge >= 0.3 is 0 Å². The maximum absolute atomic E-state index is 14.1. The summed E-state index contributed by atoms with van der Waals surface area (Å²) in [7, 11) is 3.07. The Labute approximate surface area is 288 Å². The highest BCUT2D eigenvalue weighted by molar-refractivity contribution is 6.39. The number of benzene rings is 2. The number of likely N-dealkylation sites (tertiary alicyclic amines) is 1. The number of rotatable bonds is 11. The van der Waals surface area contributed by atoms with E-state index in [9.17, 15) is 14.3 Å². The van der Waals surface area contributed by atoms with Crippen LogP contribution in [0.4, 0.5) is 4.39 Å². The highest BCUT2D eigenvalue weighted by Gasteiger charge is 2.27. The standard InChI is InChI=1S/C35H37Cl2FN6O4/c1-47-34-27(11-3-6-21-12-13-31(46)41-21)39-15-28(42-34)25-9-4-7-23(32(25)36)24-8-5-10-26(33(24)37)29-16-40-30(35(43-29)48-2)19-44-17-20(38)14-22(45)18-44/h4-5,7-10,15-16,20-22,45H,3,6,11-14,17-19H2,1-2H3,(H,41,46)/t20-,21-,22-/m1/s1. The summed E-state index contributed by atoms with van der Waals surface area (Å²) >= 11 is 14.1. The van der Waals surface area contributed by atoms with Crippen LogP contribution in [-0.2, 0) is 17.8 Å². The second kappa shape index (κ2) is 15.1. The van der Waals surface area contributed by atoms with Crippen LogP contribution in [0.25, 0.3) is 33.6 Å². The predicted molar refractivity (Wildman–Crippen MR) is 182 cm³/mol. The number of halogens is 3. The van der Waals surface area contributed by atoms with Gasteiger partial charge in [0.2, 0.25) is 17.7 Å². The number of carbonyl (C=O) groups is 1. The van der Waals surface area contributed by atoms with Crippen LogP contribution in [0.3, 0.4) is 0 Å². The molecule has 0 saturated carbocycles. The fourth-order valence-electron chi connectivity index (χ4n) is 6.38. The van der Waals surface area contributed by atoms with Gasteiger partial charge in [0.1, 0.15) is 17.6 Å². The minimum atomic E-state index is -1.10. The fourth-order valence-corrected chi connectivity index (χ4v) is 7.03. The van der Waals surface area contributed by atoms with Gasteiger partial charge in [-0.25, -0.2) is 14.4 Å². The van der Waals surface area contributed by atoms with E-state index in [4.69, 9.17) is 37.7 Å². The Morgan fingerprint density at radius 2 is 1.50 bits per heavy atom. The van der Waals surface area contributed by atoms with Crippen molar-refractivity contribution in [2.75, 3.05) is 27.3 Å². The summed E-state index contributed by atoms with van der Waals surface area (Å²) in [6, 6.07) is 11.4. The van der Waals surface area contributed by atoms with E-state index in [1.165, 1.54) is 7.11 Å². The number of hydrogen-bond acceptors (Lipinski definition) is 9. The lowest BCUT2D eigenvalue weighted by Crippen LogP contribution is -2.43. The summed E-state index contributed by atoms with van der Waals surface area (Å²) in [5.74, 6) is 0.842. The monoisotopic (exact) mass is 694 g/mol. The average molecular weight is 696 g/mol. The van der Waals surface area contributed by atoms with Crippen molar-refractivity contribution >= 4 is 29.1 Å². The molecule has 0 unspecified atom stereocenters. The second-order valence-corrected chi connectivity index (χ2v) is 12.9. The van der Waals surface area contributed by atoms with Crippen molar-refractivity contribution in [3.63, 3.8) is 0 Å². The Bertz CT molecular complexity index is 1790. The van der Waals surface area contributed by atoms with Crippen LogP contribution in [0.5, 0.6) is 11.8 Å². The molecule has 6 rings (SSSR count). The number of aromatic nitrogens is 4. The molecule has 2 aliphatic heterocycles. The molecule has 3 atom stereocenters. The molecule has 1 amide bonds. The smallest absolute Gasteiger partial charge is 0.237 e. The van der Waals surface area contributed by atoms with Gasteiger partial charge in [0.15, 0.2) is 0 Å². The summed E-state index contributed by atoms with van der Waals surface area (Å²) in [5, 5.41) is 13.9. The number of aliphatic hydroxyl groups excluding tert-OH is 1. The molecule has 2 aromatic carbocycles. The van der Waals surface area contributed by atoms with Crippen LogP contribution < -0.4 is 14.8 Å². The molecular formula is C35H37Cl2FN6O4. The molecule has 0 spiro atoms. The number of hydrogen-bond donors (Lipinski definition) is 2. The first-order chi connectivity index (χ1) is 23.2. The lowest BCUT2D eigenvalue weighted by atomic mass is 9.98. The van der Waals surface area contributed by atoms with Crippen LogP contribution in [0.15, 0.2) is 48.8 Å². The van der Waals surface area contributed by atoms with E-state index in [0.29, 0.717) is 87.1 Å². The first-order valence-corrected chi connectivity index (χ1v) is 16.7. The molecular weight excluding hydrogens is 658 g/mol. The van der Waals surface area contributed by atoms with Crippen molar-refractivity contribution in [2.45, 2.75) is 63.4 Å². The minimum Gasteiger partial charge on any atom is -0.480 e. The highest BCUT2D eigenvalue weighted by Crippen LogP contribution is 2.42. The van der Waals surface area contributed by atoms with Crippen molar-refractivity contribution in [3.8, 4) is 45.4 Å². The molecule has 4 aromatic rings. The topological polar surface area (TPSA) is 123 Å². The number of methoxy groups -OCH3 is 2. The largest absolute Gasteiger partial charge is 0.480 e. The number of nitrogens with one attached hydrogen (secondary N) is 1. The number of ether oxygens (including phenoxy) is 2. The van der Waals surface area contributed by atoms with Gasteiger partial charge in [-0.15, -0.1) is 0 Å². The molecule has 0 aliphatic carbocycles. The molecule has 2 aliphatic rings. The summed E-state index contributed by atoms with van der Waals surface area (Å²) in [4.78, 5) is 32.0. The minimum absolute atomic E-state index is 0.113. The molecule has 4 heterocycles. The third-order valence-electron chi connectivity index (χ3n) is 8.73. The lowest BCUT2D eigenvalue weighted by molar-refractivity contribution is -0.119. The highest BCUT2D eigenvalue weighted by atomic mass is 35.5. The molecule has 0 radical (unpaired) electrons. The Balaban J connectivity index is 1.24.